The first-order valence-electron chi connectivity index (χ1n) is 8.11. The van der Waals surface area contributed by atoms with E-state index in [1.165, 1.54) is 0 Å². The first kappa shape index (κ1) is 17.4. The SMILES string of the molecule is C/C=C/c1cn(C)c(=O)n1C1CCCN(C(=O)OC(C)(C)C)C1. The molecule has 6 heteroatoms. The van der Waals surface area contributed by atoms with Gasteiger partial charge in [-0.05, 0) is 46.6 Å². The van der Waals surface area contributed by atoms with Gasteiger partial charge in [0.25, 0.3) is 0 Å². The zero-order valence-electron chi connectivity index (χ0n) is 14.7. The highest BCUT2D eigenvalue weighted by Crippen LogP contribution is 2.24. The minimum atomic E-state index is -0.510. The van der Waals surface area contributed by atoms with Crippen molar-refractivity contribution >= 4 is 12.2 Å². The molecule has 23 heavy (non-hydrogen) atoms. The molecule has 0 aliphatic carbocycles. The molecule has 0 N–H and O–H groups in total. The number of allylic oxidation sites excluding steroid dienone is 1. The fourth-order valence-corrected chi connectivity index (χ4v) is 2.92. The smallest absolute Gasteiger partial charge is 0.410 e. The molecule has 0 spiro atoms. The van der Waals surface area contributed by atoms with E-state index >= 15 is 0 Å². The van der Waals surface area contributed by atoms with Crippen LogP contribution in [0.2, 0.25) is 0 Å². The summed E-state index contributed by atoms with van der Waals surface area (Å²) in [7, 11) is 1.75. The molecule has 1 aromatic rings. The average Bonchev–Trinajstić information content (AvgIpc) is 2.73. The second-order valence-electron chi connectivity index (χ2n) is 7.04. The van der Waals surface area contributed by atoms with Crippen LogP contribution < -0.4 is 5.69 Å². The first-order valence-corrected chi connectivity index (χ1v) is 8.11. The monoisotopic (exact) mass is 321 g/mol. The molecule has 1 saturated heterocycles. The number of imidazole rings is 1. The van der Waals surface area contributed by atoms with E-state index in [1.807, 2.05) is 46.0 Å². The number of piperidine rings is 1. The third kappa shape index (κ3) is 4.06. The van der Waals surface area contributed by atoms with Crippen molar-refractivity contribution in [2.24, 2.45) is 7.05 Å². The van der Waals surface area contributed by atoms with Crippen LogP contribution in [0.3, 0.4) is 0 Å². The van der Waals surface area contributed by atoms with Gasteiger partial charge in [0.05, 0.1) is 11.7 Å². The van der Waals surface area contributed by atoms with Gasteiger partial charge >= 0.3 is 11.8 Å². The zero-order valence-corrected chi connectivity index (χ0v) is 14.7. The van der Waals surface area contributed by atoms with E-state index in [1.54, 1.807) is 21.1 Å². The van der Waals surface area contributed by atoms with Gasteiger partial charge in [-0.15, -0.1) is 0 Å². The van der Waals surface area contributed by atoms with Gasteiger partial charge in [0.2, 0.25) is 0 Å². The van der Waals surface area contributed by atoms with Gasteiger partial charge in [-0.25, -0.2) is 9.59 Å². The van der Waals surface area contributed by atoms with E-state index in [0.29, 0.717) is 13.1 Å². The molecule has 1 unspecified atom stereocenters. The number of rotatable bonds is 2. The standard InChI is InChI=1S/C17H27N3O3/c1-6-8-13-11-18(5)15(21)20(13)14-9-7-10-19(12-14)16(22)23-17(2,3)4/h6,8,11,14H,7,9-10,12H2,1-5H3/b8-6+. The fraction of sp³-hybridized carbons (Fsp3) is 0.647. The molecule has 1 amide bonds. The average molecular weight is 321 g/mol. The van der Waals surface area contributed by atoms with Crippen LogP contribution in [-0.4, -0.2) is 38.8 Å². The quantitative estimate of drug-likeness (QED) is 0.841. The molecule has 1 aliphatic rings. The molecule has 0 aromatic carbocycles. The number of hydrogen-bond acceptors (Lipinski definition) is 3. The summed E-state index contributed by atoms with van der Waals surface area (Å²) in [6.07, 6.45) is 7.11. The summed E-state index contributed by atoms with van der Waals surface area (Å²) in [5.74, 6) is 0. The van der Waals surface area contributed by atoms with E-state index < -0.39 is 5.60 Å². The molecule has 0 saturated carbocycles. The summed E-state index contributed by atoms with van der Waals surface area (Å²) in [4.78, 5) is 26.4. The molecule has 128 valence electrons. The number of ether oxygens (including phenoxy) is 1. The van der Waals surface area contributed by atoms with Crippen LogP contribution >= 0.6 is 0 Å². The maximum Gasteiger partial charge on any atom is 0.410 e. The molecule has 1 aromatic heterocycles. The summed E-state index contributed by atoms with van der Waals surface area (Å²) in [5, 5.41) is 0. The Morgan fingerprint density at radius 2 is 2.09 bits per heavy atom. The third-order valence-electron chi connectivity index (χ3n) is 3.86. The van der Waals surface area contributed by atoms with Crippen LogP contribution in [0.1, 0.15) is 52.3 Å². The van der Waals surface area contributed by atoms with E-state index in [2.05, 4.69) is 0 Å². The van der Waals surface area contributed by atoms with Crippen LogP contribution in [0.25, 0.3) is 6.08 Å². The van der Waals surface area contributed by atoms with Crippen LogP contribution in [-0.2, 0) is 11.8 Å². The van der Waals surface area contributed by atoms with Crippen LogP contribution in [0.5, 0.6) is 0 Å². The van der Waals surface area contributed by atoms with Crippen LogP contribution in [0.15, 0.2) is 17.1 Å². The van der Waals surface area contributed by atoms with Crippen molar-refractivity contribution < 1.29 is 9.53 Å². The number of hydrogen-bond donors (Lipinski definition) is 0. The topological polar surface area (TPSA) is 56.5 Å². The molecule has 2 heterocycles. The van der Waals surface area contributed by atoms with Crippen molar-refractivity contribution in [2.75, 3.05) is 13.1 Å². The van der Waals surface area contributed by atoms with Crippen molar-refractivity contribution in [3.63, 3.8) is 0 Å². The Balaban J connectivity index is 2.22. The molecule has 0 bridgehead atoms. The lowest BCUT2D eigenvalue weighted by molar-refractivity contribution is 0.0171. The van der Waals surface area contributed by atoms with Gasteiger partial charge in [0.1, 0.15) is 5.60 Å². The van der Waals surface area contributed by atoms with Crippen molar-refractivity contribution in [2.45, 2.75) is 52.2 Å². The summed E-state index contributed by atoms with van der Waals surface area (Å²) in [6, 6.07) is -0.0174. The maximum absolute atomic E-state index is 12.4. The summed E-state index contributed by atoms with van der Waals surface area (Å²) in [5.41, 5.74) is 0.314. The number of amides is 1. The lowest BCUT2D eigenvalue weighted by Crippen LogP contribution is -2.45. The summed E-state index contributed by atoms with van der Waals surface area (Å²) in [6.45, 7) is 8.68. The molecular formula is C17H27N3O3. The Labute approximate surface area is 137 Å². The first-order chi connectivity index (χ1) is 10.7. The molecule has 1 aliphatic heterocycles. The highest BCUT2D eigenvalue weighted by Gasteiger charge is 2.30. The molecular weight excluding hydrogens is 294 g/mol. The van der Waals surface area contributed by atoms with E-state index in [-0.39, 0.29) is 17.8 Å². The number of aryl methyl sites for hydroxylation is 1. The Bertz CT molecular complexity index is 649. The minimum Gasteiger partial charge on any atom is -0.444 e. The summed E-state index contributed by atoms with van der Waals surface area (Å²) < 4.78 is 8.83. The highest BCUT2D eigenvalue weighted by molar-refractivity contribution is 5.68. The predicted molar refractivity (Wildman–Crippen MR) is 90.5 cm³/mol. The Morgan fingerprint density at radius 3 is 2.70 bits per heavy atom. The summed E-state index contributed by atoms with van der Waals surface area (Å²) >= 11 is 0. The van der Waals surface area contributed by atoms with Gasteiger partial charge in [0.15, 0.2) is 0 Å². The highest BCUT2D eigenvalue weighted by atomic mass is 16.6. The Hall–Kier alpha value is -1.98. The van der Waals surface area contributed by atoms with E-state index in [0.717, 1.165) is 18.5 Å². The fourth-order valence-electron chi connectivity index (χ4n) is 2.92. The van der Waals surface area contributed by atoms with Crippen LogP contribution in [0.4, 0.5) is 4.79 Å². The second kappa shape index (κ2) is 6.64. The Kier molecular flexibility index (Phi) is 5.02. The normalized spacial score (nSPS) is 19.3. The van der Waals surface area contributed by atoms with Crippen molar-refractivity contribution in [3.8, 4) is 0 Å². The number of likely N-dealkylation sites (tertiary alicyclic amines) is 1. The largest absolute Gasteiger partial charge is 0.444 e. The molecule has 0 radical (unpaired) electrons. The number of aromatic nitrogens is 2. The van der Waals surface area contributed by atoms with E-state index in [9.17, 15) is 9.59 Å². The Morgan fingerprint density at radius 1 is 1.39 bits per heavy atom. The van der Waals surface area contributed by atoms with Crippen molar-refractivity contribution in [1.82, 2.24) is 14.0 Å². The van der Waals surface area contributed by atoms with Crippen LogP contribution in [0, 0.1) is 0 Å². The van der Waals surface area contributed by atoms with Gasteiger partial charge in [-0.2, -0.15) is 0 Å². The maximum atomic E-state index is 12.4. The van der Waals surface area contributed by atoms with E-state index in [4.69, 9.17) is 4.74 Å². The molecule has 6 nitrogen and oxygen atoms in total. The third-order valence-corrected chi connectivity index (χ3v) is 3.86. The number of carbonyl (C=O) groups excluding carboxylic acids is 1. The molecule has 1 fully saturated rings. The lowest BCUT2D eigenvalue weighted by atomic mass is 10.1. The minimum absolute atomic E-state index is 0.0174. The number of carbonyl (C=O) groups is 1. The van der Waals surface area contributed by atoms with Gasteiger partial charge < -0.3 is 14.2 Å². The molecule has 2 rings (SSSR count). The van der Waals surface area contributed by atoms with Gasteiger partial charge in [-0.3, -0.25) is 4.57 Å². The zero-order chi connectivity index (χ0) is 17.2. The second-order valence-corrected chi connectivity index (χ2v) is 7.04. The molecule has 1 atom stereocenters. The number of nitrogens with zero attached hydrogens (tertiary/aromatic N) is 3. The lowest BCUT2D eigenvalue weighted by Gasteiger charge is -2.34. The van der Waals surface area contributed by atoms with Gasteiger partial charge in [0, 0.05) is 26.3 Å². The van der Waals surface area contributed by atoms with Crippen molar-refractivity contribution in [1.29, 1.82) is 0 Å². The van der Waals surface area contributed by atoms with Crippen molar-refractivity contribution in [3.05, 3.63) is 28.5 Å². The van der Waals surface area contributed by atoms with Gasteiger partial charge in [-0.1, -0.05) is 6.08 Å². The predicted octanol–water partition coefficient (Wildman–Crippen LogP) is 2.79.